The minimum absolute atomic E-state index is 0.177. The Morgan fingerprint density at radius 1 is 1.28 bits per heavy atom. The largest absolute Gasteiger partial charge is 0.360 e. The second-order valence-corrected chi connectivity index (χ2v) is 5.52. The molecular formula is C18H15FN4OS. The highest BCUT2D eigenvalue weighted by Crippen LogP contribution is 2.17. The zero-order valence-corrected chi connectivity index (χ0v) is 14.0. The molecule has 2 N–H and O–H groups in total. The van der Waals surface area contributed by atoms with Crippen molar-refractivity contribution in [1.29, 1.82) is 0 Å². The average molecular weight is 354 g/mol. The number of aromatic nitrogens is 3. The zero-order valence-electron chi connectivity index (χ0n) is 13.1. The van der Waals surface area contributed by atoms with E-state index in [4.69, 9.17) is 0 Å². The lowest BCUT2D eigenvalue weighted by molar-refractivity contribution is 0.102. The van der Waals surface area contributed by atoms with Crippen LogP contribution in [0.4, 0.5) is 10.1 Å². The van der Waals surface area contributed by atoms with Crippen LogP contribution in [-0.4, -0.2) is 20.9 Å². The Morgan fingerprint density at radius 3 is 2.84 bits per heavy atom. The summed E-state index contributed by atoms with van der Waals surface area (Å²) in [7, 11) is 0. The first-order valence-electron chi connectivity index (χ1n) is 7.52. The van der Waals surface area contributed by atoms with Gasteiger partial charge in [0.1, 0.15) is 17.2 Å². The summed E-state index contributed by atoms with van der Waals surface area (Å²) in [6, 6.07) is 8.12. The van der Waals surface area contributed by atoms with Gasteiger partial charge in [0.2, 0.25) is 0 Å². The molecule has 7 heteroatoms. The molecule has 1 aromatic carbocycles. The van der Waals surface area contributed by atoms with E-state index in [0.717, 1.165) is 5.69 Å². The van der Waals surface area contributed by atoms with Gasteiger partial charge in [-0.1, -0.05) is 6.08 Å². The molecule has 0 bridgehead atoms. The van der Waals surface area contributed by atoms with Crippen LogP contribution in [0.15, 0.2) is 60.4 Å². The van der Waals surface area contributed by atoms with E-state index in [-0.39, 0.29) is 11.5 Å². The van der Waals surface area contributed by atoms with Crippen LogP contribution in [0, 0.1) is 5.82 Å². The van der Waals surface area contributed by atoms with Crippen molar-refractivity contribution >= 4 is 24.2 Å². The summed E-state index contributed by atoms with van der Waals surface area (Å²) in [5, 5.41) is 4.25. The molecule has 25 heavy (non-hydrogen) atoms. The second-order valence-electron chi connectivity index (χ2n) is 5.22. The number of halogens is 1. The van der Waals surface area contributed by atoms with E-state index in [9.17, 15) is 9.18 Å². The molecule has 3 aromatic rings. The van der Waals surface area contributed by atoms with Crippen molar-refractivity contribution < 1.29 is 9.18 Å². The van der Waals surface area contributed by atoms with Gasteiger partial charge in [-0.2, -0.15) is 12.6 Å². The van der Waals surface area contributed by atoms with Crippen LogP contribution >= 0.6 is 12.6 Å². The molecule has 0 radical (unpaired) electrons. The van der Waals surface area contributed by atoms with E-state index in [2.05, 4.69) is 32.9 Å². The summed E-state index contributed by atoms with van der Waals surface area (Å²) in [5.74, 6) is -0.743. The van der Waals surface area contributed by atoms with Crippen LogP contribution < -0.4 is 5.32 Å². The number of aromatic amines is 1. The van der Waals surface area contributed by atoms with Crippen LogP contribution in [0.1, 0.15) is 16.1 Å². The van der Waals surface area contributed by atoms with Gasteiger partial charge in [0.15, 0.2) is 0 Å². The fourth-order valence-electron chi connectivity index (χ4n) is 2.26. The van der Waals surface area contributed by atoms with Gasteiger partial charge < -0.3 is 10.3 Å². The maximum absolute atomic E-state index is 13.7. The van der Waals surface area contributed by atoms with Crippen LogP contribution in [-0.2, 0) is 6.42 Å². The summed E-state index contributed by atoms with van der Waals surface area (Å²) >= 11 is 3.95. The Labute approximate surface area is 149 Å². The lowest BCUT2D eigenvalue weighted by Crippen LogP contribution is -2.14. The summed E-state index contributed by atoms with van der Waals surface area (Å²) in [5.41, 5.74) is 2.60. The highest BCUT2D eigenvalue weighted by atomic mass is 32.1. The molecule has 0 aliphatic rings. The number of carbonyl (C=O) groups is 1. The van der Waals surface area contributed by atoms with E-state index >= 15 is 0 Å². The predicted molar refractivity (Wildman–Crippen MR) is 98.0 cm³/mol. The smallest absolute Gasteiger partial charge is 0.275 e. The molecule has 0 spiro atoms. The first kappa shape index (κ1) is 16.9. The van der Waals surface area contributed by atoms with Crippen molar-refractivity contribution in [2.45, 2.75) is 6.42 Å². The number of hydrogen-bond donors (Lipinski definition) is 3. The summed E-state index contributed by atoms with van der Waals surface area (Å²) < 4.78 is 13.7. The lowest BCUT2D eigenvalue weighted by Gasteiger charge is -2.07. The maximum atomic E-state index is 13.7. The number of benzene rings is 1. The maximum Gasteiger partial charge on any atom is 0.275 e. The van der Waals surface area contributed by atoms with E-state index in [1.54, 1.807) is 23.7 Å². The van der Waals surface area contributed by atoms with Crippen LogP contribution in [0.3, 0.4) is 0 Å². The number of nitrogens with zero attached hydrogens (tertiary/aromatic N) is 2. The minimum atomic E-state index is -0.409. The quantitative estimate of drug-likeness (QED) is 0.610. The second kappa shape index (κ2) is 7.76. The van der Waals surface area contributed by atoms with Crippen LogP contribution in [0.5, 0.6) is 0 Å². The molecule has 0 aliphatic heterocycles. The van der Waals surface area contributed by atoms with E-state index < -0.39 is 5.91 Å². The highest BCUT2D eigenvalue weighted by Gasteiger charge is 2.11. The topological polar surface area (TPSA) is 70.7 Å². The van der Waals surface area contributed by atoms with Gasteiger partial charge in [0, 0.05) is 11.9 Å². The number of carbonyl (C=O) groups excluding carboxylic acids is 1. The SMILES string of the molecule is O=C(Nc1ccc(F)c(C/C=C\S)c1)c1cnc(-c2ccc[nH]2)cn1. The number of H-pyrrole nitrogens is 1. The van der Waals surface area contributed by atoms with Crippen molar-refractivity contribution in [3.05, 3.63) is 77.5 Å². The summed E-state index contributed by atoms with van der Waals surface area (Å²) in [6.07, 6.45) is 6.82. The first-order chi connectivity index (χ1) is 12.2. The molecule has 0 saturated heterocycles. The van der Waals surface area contributed by atoms with Crippen molar-refractivity contribution in [1.82, 2.24) is 15.0 Å². The monoisotopic (exact) mass is 354 g/mol. The van der Waals surface area contributed by atoms with Crippen molar-refractivity contribution in [3.8, 4) is 11.4 Å². The molecule has 0 aliphatic carbocycles. The van der Waals surface area contributed by atoms with E-state index in [1.807, 2.05) is 12.1 Å². The third-order valence-corrected chi connectivity index (χ3v) is 3.72. The van der Waals surface area contributed by atoms with Gasteiger partial charge >= 0.3 is 0 Å². The minimum Gasteiger partial charge on any atom is -0.360 e. The molecule has 5 nitrogen and oxygen atoms in total. The molecular weight excluding hydrogens is 339 g/mol. The molecule has 2 aromatic heterocycles. The Kier molecular flexibility index (Phi) is 5.25. The Bertz CT molecular complexity index is 892. The van der Waals surface area contributed by atoms with Crippen LogP contribution in [0.2, 0.25) is 0 Å². The molecule has 1 amide bonds. The number of allylic oxidation sites excluding steroid dienone is 1. The number of rotatable bonds is 5. The molecule has 0 fully saturated rings. The molecule has 3 rings (SSSR count). The highest BCUT2D eigenvalue weighted by molar-refractivity contribution is 7.83. The average Bonchev–Trinajstić information content (AvgIpc) is 3.17. The number of amides is 1. The zero-order chi connectivity index (χ0) is 17.6. The summed E-state index contributed by atoms with van der Waals surface area (Å²) in [6.45, 7) is 0. The molecule has 126 valence electrons. The van der Waals surface area contributed by atoms with E-state index in [0.29, 0.717) is 23.4 Å². The van der Waals surface area contributed by atoms with Gasteiger partial charge in [-0.15, -0.1) is 0 Å². The number of anilines is 1. The Balaban J connectivity index is 1.73. The predicted octanol–water partition coefficient (Wildman–Crippen LogP) is 3.85. The molecule has 0 atom stereocenters. The van der Waals surface area contributed by atoms with Crippen LogP contribution in [0.25, 0.3) is 11.4 Å². The number of hydrogen-bond acceptors (Lipinski definition) is 4. The molecule has 2 heterocycles. The Hall–Kier alpha value is -2.93. The lowest BCUT2D eigenvalue weighted by atomic mass is 10.1. The third-order valence-electron chi connectivity index (χ3n) is 3.51. The van der Waals surface area contributed by atoms with Crippen molar-refractivity contribution in [2.75, 3.05) is 5.32 Å². The number of nitrogens with one attached hydrogen (secondary N) is 2. The fraction of sp³-hybridized carbons (Fsp3) is 0.0556. The summed E-state index contributed by atoms with van der Waals surface area (Å²) in [4.78, 5) is 23.7. The van der Waals surface area contributed by atoms with Crippen molar-refractivity contribution in [2.24, 2.45) is 0 Å². The Morgan fingerprint density at radius 2 is 2.16 bits per heavy atom. The normalized spacial score (nSPS) is 11.0. The number of thiol groups is 1. The van der Waals surface area contributed by atoms with Crippen molar-refractivity contribution in [3.63, 3.8) is 0 Å². The molecule has 0 unspecified atom stereocenters. The van der Waals surface area contributed by atoms with Gasteiger partial charge in [0.05, 0.1) is 18.1 Å². The van der Waals surface area contributed by atoms with Gasteiger partial charge in [0.25, 0.3) is 5.91 Å². The fourth-order valence-corrected chi connectivity index (χ4v) is 2.36. The van der Waals surface area contributed by atoms with E-state index in [1.165, 1.54) is 24.5 Å². The van der Waals surface area contributed by atoms with Gasteiger partial charge in [-0.3, -0.25) is 9.78 Å². The van der Waals surface area contributed by atoms with Gasteiger partial charge in [-0.05, 0) is 47.7 Å². The van der Waals surface area contributed by atoms with Gasteiger partial charge in [-0.25, -0.2) is 9.37 Å². The third kappa shape index (κ3) is 4.13. The standard InChI is InChI=1S/C18H15FN4OS/c19-14-6-5-13(9-12(14)3-2-8-25)23-18(24)17-11-21-16(10-22-17)15-4-1-7-20-15/h1-2,4-11,20,25H,3H2,(H,23,24)/b8-2-. The first-order valence-corrected chi connectivity index (χ1v) is 8.04. The molecule has 0 saturated carbocycles.